The number of rotatable bonds is 5. The average Bonchev–Trinajstić information content (AvgIpc) is 2.63. The maximum atomic E-state index is 12.5. The third-order valence-electron chi connectivity index (χ3n) is 4.07. The fourth-order valence-electron chi connectivity index (χ4n) is 2.63. The van der Waals surface area contributed by atoms with Crippen LogP contribution in [-0.4, -0.2) is 35.3 Å². The van der Waals surface area contributed by atoms with Gasteiger partial charge in [0.2, 0.25) is 11.8 Å². The fourth-order valence-corrected chi connectivity index (χ4v) is 4.14. The Morgan fingerprint density at radius 3 is 2.64 bits per heavy atom. The second-order valence-electron chi connectivity index (χ2n) is 5.89. The van der Waals surface area contributed by atoms with E-state index in [1.807, 2.05) is 42.7 Å². The standard InChI is InChI=1S/C19H20N2O2S2/c1-21(12-13-7-9-14(24-2)10-8-13)18(22)11-17-19(23)20-15-5-3-4-6-16(15)25-17/h3-10,17H,11-12H2,1-2H3,(H,20,23). The Bertz CT molecular complexity index is 777. The molecule has 2 aromatic rings. The van der Waals surface area contributed by atoms with Crippen molar-refractivity contribution in [2.24, 2.45) is 0 Å². The van der Waals surface area contributed by atoms with Gasteiger partial charge in [0.1, 0.15) is 0 Å². The predicted octanol–water partition coefficient (Wildman–Crippen LogP) is 3.87. The van der Waals surface area contributed by atoms with Crippen LogP contribution < -0.4 is 5.32 Å². The summed E-state index contributed by atoms with van der Waals surface area (Å²) < 4.78 is 0. The molecule has 0 radical (unpaired) electrons. The Morgan fingerprint density at radius 1 is 1.20 bits per heavy atom. The summed E-state index contributed by atoms with van der Waals surface area (Å²) in [5.74, 6) is -0.129. The molecule has 0 saturated carbocycles. The van der Waals surface area contributed by atoms with E-state index in [2.05, 4.69) is 17.4 Å². The van der Waals surface area contributed by atoms with Crippen molar-refractivity contribution in [3.8, 4) is 0 Å². The number of carbonyl (C=O) groups is 2. The van der Waals surface area contributed by atoms with Gasteiger partial charge in [0, 0.05) is 29.8 Å². The number of carbonyl (C=O) groups excluding carboxylic acids is 2. The van der Waals surface area contributed by atoms with E-state index in [-0.39, 0.29) is 23.5 Å². The molecule has 1 aliphatic rings. The Morgan fingerprint density at radius 2 is 1.92 bits per heavy atom. The molecule has 2 amide bonds. The summed E-state index contributed by atoms with van der Waals surface area (Å²) >= 11 is 3.15. The Labute approximate surface area is 156 Å². The number of nitrogens with zero attached hydrogens (tertiary/aromatic N) is 1. The first kappa shape index (κ1) is 17.9. The van der Waals surface area contributed by atoms with E-state index in [9.17, 15) is 9.59 Å². The van der Waals surface area contributed by atoms with Crippen LogP contribution in [0.3, 0.4) is 0 Å². The van der Waals surface area contributed by atoms with Gasteiger partial charge in [-0.1, -0.05) is 24.3 Å². The second kappa shape index (κ2) is 7.97. The lowest BCUT2D eigenvalue weighted by Gasteiger charge is -2.25. The Kier molecular flexibility index (Phi) is 5.71. The zero-order chi connectivity index (χ0) is 17.8. The number of nitrogens with one attached hydrogen (secondary N) is 1. The molecule has 1 heterocycles. The molecule has 0 aromatic heterocycles. The van der Waals surface area contributed by atoms with E-state index in [0.717, 1.165) is 16.1 Å². The van der Waals surface area contributed by atoms with E-state index in [1.165, 1.54) is 16.7 Å². The van der Waals surface area contributed by atoms with Crippen molar-refractivity contribution < 1.29 is 9.59 Å². The van der Waals surface area contributed by atoms with Gasteiger partial charge in [-0.05, 0) is 36.1 Å². The van der Waals surface area contributed by atoms with Gasteiger partial charge in [-0.3, -0.25) is 9.59 Å². The fraction of sp³-hybridized carbons (Fsp3) is 0.263. The van der Waals surface area contributed by atoms with Gasteiger partial charge in [0.15, 0.2) is 0 Å². The highest BCUT2D eigenvalue weighted by molar-refractivity contribution is 8.01. The highest BCUT2D eigenvalue weighted by Crippen LogP contribution is 2.36. The third kappa shape index (κ3) is 4.38. The first-order valence-electron chi connectivity index (χ1n) is 8.00. The molecule has 1 N–H and O–H groups in total. The minimum atomic E-state index is -0.385. The molecule has 0 fully saturated rings. The zero-order valence-electron chi connectivity index (χ0n) is 14.2. The number of hydrogen-bond acceptors (Lipinski definition) is 4. The average molecular weight is 373 g/mol. The molecule has 2 aromatic carbocycles. The third-order valence-corrected chi connectivity index (χ3v) is 6.09. The van der Waals surface area contributed by atoms with Crippen LogP contribution in [0, 0.1) is 0 Å². The van der Waals surface area contributed by atoms with Crippen LogP contribution in [0.2, 0.25) is 0 Å². The quantitative estimate of drug-likeness (QED) is 0.810. The van der Waals surface area contributed by atoms with Crippen LogP contribution in [0.4, 0.5) is 5.69 Å². The van der Waals surface area contributed by atoms with Gasteiger partial charge in [-0.25, -0.2) is 0 Å². The van der Waals surface area contributed by atoms with E-state index < -0.39 is 0 Å². The van der Waals surface area contributed by atoms with Gasteiger partial charge in [-0.2, -0.15) is 0 Å². The summed E-state index contributed by atoms with van der Waals surface area (Å²) in [6, 6.07) is 15.9. The van der Waals surface area contributed by atoms with E-state index in [1.54, 1.807) is 23.7 Å². The molecule has 1 unspecified atom stereocenters. The van der Waals surface area contributed by atoms with Gasteiger partial charge in [0.05, 0.1) is 10.9 Å². The highest BCUT2D eigenvalue weighted by atomic mass is 32.2. The van der Waals surface area contributed by atoms with Gasteiger partial charge >= 0.3 is 0 Å². The Balaban J connectivity index is 1.60. The maximum Gasteiger partial charge on any atom is 0.238 e. The van der Waals surface area contributed by atoms with Gasteiger partial charge in [-0.15, -0.1) is 23.5 Å². The van der Waals surface area contributed by atoms with Crippen LogP contribution in [0.5, 0.6) is 0 Å². The van der Waals surface area contributed by atoms with Crippen molar-refractivity contribution >= 4 is 41.0 Å². The van der Waals surface area contributed by atoms with Crippen molar-refractivity contribution in [1.82, 2.24) is 4.90 Å². The molecular formula is C19H20N2O2S2. The van der Waals surface area contributed by atoms with E-state index in [4.69, 9.17) is 0 Å². The lowest BCUT2D eigenvalue weighted by molar-refractivity contribution is -0.131. The predicted molar refractivity (Wildman–Crippen MR) is 104 cm³/mol. The lowest BCUT2D eigenvalue weighted by atomic mass is 10.2. The summed E-state index contributed by atoms with van der Waals surface area (Å²) in [7, 11) is 1.78. The van der Waals surface area contributed by atoms with Crippen LogP contribution in [0.1, 0.15) is 12.0 Å². The molecule has 0 spiro atoms. The molecular weight excluding hydrogens is 352 g/mol. The summed E-state index contributed by atoms with van der Waals surface area (Å²) in [6.07, 6.45) is 2.24. The molecule has 0 bridgehead atoms. The first-order chi connectivity index (χ1) is 12.1. The molecule has 3 rings (SSSR count). The van der Waals surface area contributed by atoms with Crippen LogP contribution in [-0.2, 0) is 16.1 Å². The Hall–Kier alpha value is -1.92. The maximum absolute atomic E-state index is 12.5. The van der Waals surface area contributed by atoms with Crippen molar-refractivity contribution in [1.29, 1.82) is 0 Å². The number of fused-ring (bicyclic) bond motifs is 1. The van der Waals surface area contributed by atoms with Gasteiger partial charge < -0.3 is 10.2 Å². The molecule has 0 aliphatic carbocycles. The zero-order valence-corrected chi connectivity index (χ0v) is 15.8. The number of hydrogen-bond donors (Lipinski definition) is 1. The number of benzene rings is 2. The van der Waals surface area contributed by atoms with Crippen LogP contribution >= 0.6 is 23.5 Å². The normalized spacial score (nSPS) is 16.1. The first-order valence-corrected chi connectivity index (χ1v) is 10.1. The van der Waals surface area contributed by atoms with Crippen molar-refractivity contribution in [2.75, 3.05) is 18.6 Å². The van der Waals surface area contributed by atoms with Crippen molar-refractivity contribution in [3.63, 3.8) is 0 Å². The molecule has 1 atom stereocenters. The number of amides is 2. The van der Waals surface area contributed by atoms with E-state index >= 15 is 0 Å². The monoisotopic (exact) mass is 372 g/mol. The molecule has 0 saturated heterocycles. The second-order valence-corrected chi connectivity index (χ2v) is 8.02. The molecule has 25 heavy (non-hydrogen) atoms. The van der Waals surface area contributed by atoms with Crippen LogP contribution in [0.15, 0.2) is 58.3 Å². The summed E-state index contributed by atoms with van der Waals surface area (Å²) in [4.78, 5) is 28.7. The SMILES string of the molecule is CSc1ccc(CN(C)C(=O)CC2Sc3ccccc3NC2=O)cc1. The smallest absolute Gasteiger partial charge is 0.238 e. The lowest BCUT2D eigenvalue weighted by Crippen LogP contribution is -2.35. The minimum Gasteiger partial charge on any atom is -0.341 e. The number of para-hydroxylation sites is 1. The van der Waals surface area contributed by atoms with E-state index in [0.29, 0.717) is 6.54 Å². The topological polar surface area (TPSA) is 49.4 Å². The number of thioether (sulfide) groups is 2. The highest BCUT2D eigenvalue weighted by Gasteiger charge is 2.29. The molecule has 1 aliphatic heterocycles. The van der Waals surface area contributed by atoms with Crippen molar-refractivity contribution in [3.05, 3.63) is 54.1 Å². The summed E-state index contributed by atoms with van der Waals surface area (Å²) in [5.41, 5.74) is 1.91. The summed E-state index contributed by atoms with van der Waals surface area (Å²) in [5, 5.41) is 2.50. The number of anilines is 1. The van der Waals surface area contributed by atoms with Crippen LogP contribution in [0.25, 0.3) is 0 Å². The molecule has 6 heteroatoms. The summed E-state index contributed by atoms with van der Waals surface area (Å²) in [6.45, 7) is 0.545. The minimum absolute atomic E-state index is 0.0269. The van der Waals surface area contributed by atoms with Gasteiger partial charge in [0.25, 0.3) is 0 Å². The molecule has 4 nitrogen and oxygen atoms in total. The largest absolute Gasteiger partial charge is 0.341 e. The van der Waals surface area contributed by atoms with Crippen molar-refractivity contribution in [2.45, 2.75) is 28.0 Å². The molecule has 130 valence electrons.